The Balaban J connectivity index is 1.72. The van der Waals surface area contributed by atoms with Gasteiger partial charge in [0.05, 0.1) is 11.4 Å². The first kappa shape index (κ1) is 18.2. The van der Waals surface area contributed by atoms with Crippen LogP contribution in [0.1, 0.15) is 11.1 Å². The molecule has 23 heavy (non-hydrogen) atoms. The highest BCUT2D eigenvalue weighted by Crippen LogP contribution is 2.16. The van der Waals surface area contributed by atoms with Gasteiger partial charge in [0.2, 0.25) is 5.91 Å². The molecule has 0 heterocycles. The minimum Gasteiger partial charge on any atom is -0.299 e. The molecule has 3 nitrogen and oxygen atoms in total. The summed E-state index contributed by atoms with van der Waals surface area (Å²) < 4.78 is 1.12. The van der Waals surface area contributed by atoms with Gasteiger partial charge in [-0.05, 0) is 58.0 Å². The van der Waals surface area contributed by atoms with Crippen LogP contribution in [-0.2, 0) is 10.5 Å². The lowest BCUT2D eigenvalue weighted by Gasteiger charge is -2.11. The van der Waals surface area contributed by atoms with Crippen LogP contribution in [0.25, 0.3) is 5.70 Å². The van der Waals surface area contributed by atoms with Crippen LogP contribution in [0.3, 0.4) is 0 Å². The molecule has 0 spiro atoms. The normalized spacial score (nSPS) is 10.2. The Labute approximate surface area is 159 Å². The van der Waals surface area contributed by atoms with Crippen molar-refractivity contribution in [2.75, 3.05) is 5.75 Å². The standard InChI is InChI=1S/C17H16ClIN2OS/c1-12(14-5-3-7-16(19)9-14)20-21-17(22)11-23-10-13-4-2-6-15(18)8-13/h2-9,20H,1,10-11H2,(H,21,22). The van der Waals surface area contributed by atoms with Crippen LogP contribution in [0.2, 0.25) is 5.02 Å². The van der Waals surface area contributed by atoms with Gasteiger partial charge >= 0.3 is 0 Å². The molecule has 0 fully saturated rings. The van der Waals surface area contributed by atoms with Gasteiger partial charge in [-0.3, -0.25) is 15.6 Å². The fourth-order valence-corrected chi connectivity index (χ4v) is 3.35. The topological polar surface area (TPSA) is 41.1 Å². The van der Waals surface area contributed by atoms with E-state index in [1.807, 2.05) is 48.5 Å². The number of hydrogen-bond acceptors (Lipinski definition) is 3. The number of rotatable bonds is 7. The molecule has 1 amide bonds. The van der Waals surface area contributed by atoms with Gasteiger partial charge in [-0.25, -0.2) is 0 Å². The van der Waals surface area contributed by atoms with Crippen LogP contribution in [0.5, 0.6) is 0 Å². The van der Waals surface area contributed by atoms with Crippen molar-refractivity contribution in [1.82, 2.24) is 10.9 Å². The summed E-state index contributed by atoms with van der Waals surface area (Å²) in [5, 5.41) is 0.711. The summed E-state index contributed by atoms with van der Waals surface area (Å²) in [4.78, 5) is 11.8. The Bertz CT molecular complexity index is 708. The third-order valence-electron chi connectivity index (χ3n) is 2.92. The number of hydrazine groups is 1. The van der Waals surface area contributed by atoms with E-state index in [1.54, 1.807) is 0 Å². The number of amides is 1. The van der Waals surface area contributed by atoms with Crippen molar-refractivity contribution in [2.45, 2.75) is 5.75 Å². The molecule has 0 aliphatic carbocycles. The Kier molecular flexibility index (Phi) is 7.26. The van der Waals surface area contributed by atoms with Gasteiger partial charge in [-0.2, -0.15) is 0 Å². The van der Waals surface area contributed by atoms with Gasteiger partial charge in [0.25, 0.3) is 0 Å². The SMILES string of the molecule is C=C(NNC(=O)CSCc1cccc(Cl)c1)c1cccc(I)c1. The first-order valence-electron chi connectivity index (χ1n) is 6.86. The number of thioether (sulfide) groups is 1. The van der Waals surface area contributed by atoms with Crippen molar-refractivity contribution >= 4 is 57.6 Å². The molecular weight excluding hydrogens is 443 g/mol. The average Bonchev–Trinajstić information content (AvgIpc) is 2.52. The van der Waals surface area contributed by atoms with Gasteiger partial charge in [0, 0.05) is 14.3 Å². The molecule has 0 bridgehead atoms. The van der Waals surface area contributed by atoms with E-state index in [1.165, 1.54) is 11.8 Å². The number of nitrogens with one attached hydrogen (secondary N) is 2. The van der Waals surface area contributed by atoms with Crippen molar-refractivity contribution in [3.05, 3.63) is 74.8 Å². The molecule has 2 aromatic rings. The minimum absolute atomic E-state index is 0.0937. The second-order valence-electron chi connectivity index (χ2n) is 4.78. The fourth-order valence-electron chi connectivity index (χ4n) is 1.82. The highest BCUT2D eigenvalue weighted by Gasteiger charge is 2.04. The maximum absolute atomic E-state index is 11.8. The molecule has 2 rings (SSSR count). The van der Waals surface area contributed by atoms with Crippen LogP contribution >= 0.6 is 46.0 Å². The monoisotopic (exact) mass is 458 g/mol. The summed E-state index contributed by atoms with van der Waals surface area (Å²) >= 11 is 9.70. The molecule has 0 radical (unpaired) electrons. The van der Waals surface area contributed by atoms with E-state index in [-0.39, 0.29) is 5.91 Å². The van der Waals surface area contributed by atoms with Gasteiger partial charge in [0.1, 0.15) is 0 Å². The quantitative estimate of drug-likeness (QED) is 0.475. The lowest BCUT2D eigenvalue weighted by Crippen LogP contribution is -2.37. The van der Waals surface area contributed by atoms with Gasteiger partial charge in [-0.15, -0.1) is 11.8 Å². The molecule has 6 heteroatoms. The number of halogens is 2. The van der Waals surface area contributed by atoms with Crippen molar-refractivity contribution in [3.63, 3.8) is 0 Å². The van der Waals surface area contributed by atoms with Crippen molar-refractivity contribution in [3.8, 4) is 0 Å². The molecule has 2 N–H and O–H groups in total. The lowest BCUT2D eigenvalue weighted by molar-refractivity contribution is -0.119. The van der Waals surface area contributed by atoms with Gasteiger partial charge in [-0.1, -0.05) is 42.4 Å². The minimum atomic E-state index is -0.0937. The molecule has 0 aromatic heterocycles. The van der Waals surface area contributed by atoms with Crippen LogP contribution < -0.4 is 10.9 Å². The highest BCUT2D eigenvalue weighted by molar-refractivity contribution is 14.1. The third-order valence-corrected chi connectivity index (χ3v) is 4.83. The van der Waals surface area contributed by atoms with Gasteiger partial charge in [0.15, 0.2) is 0 Å². The zero-order valence-corrected chi connectivity index (χ0v) is 16.0. The van der Waals surface area contributed by atoms with E-state index >= 15 is 0 Å². The summed E-state index contributed by atoms with van der Waals surface area (Å²) in [5.74, 6) is 1.01. The molecule has 0 unspecified atom stereocenters. The third kappa shape index (κ3) is 6.45. The number of carbonyl (C=O) groups is 1. The zero-order chi connectivity index (χ0) is 16.7. The van der Waals surface area contributed by atoms with Crippen LogP contribution in [-0.4, -0.2) is 11.7 Å². The van der Waals surface area contributed by atoms with Gasteiger partial charge < -0.3 is 0 Å². The Morgan fingerprint density at radius 1 is 1.17 bits per heavy atom. The molecular formula is C17H16ClIN2OS. The summed E-state index contributed by atoms with van der Waals surface area (Å²) in [5.41, 5.74) is 8.23. The molecule has 0 aliphatic rings. The largest absolute Gasteiger partial charge is 0.299 e. The fraction of sp³-hybridized carbons (Fsp3) is 0.118. The first-order valence-corrected chi connectivity index (χ1v) is 9.47. The predicted octanol–water partition coefficient (Wildman–Crippen LogP) is 4.47. The van der Waals surface area contributed by atoms with Crippen LogP contribution in [0.4, 0.5) is 0 Å². The predicted molar refractivity (Wildman–Crippen MR) is 107 cm³/mol. The molecule has 2 aromatic carbocycles. The van der Waals surface area contributed by atoms with E-state index < -0.39 is 0 Å². The average molecular weight is 459 g/mol. The Hall–Kier alpha value is -1.18. The lowest BCUT2D eigenvalue weighted by atomic mass is 10.2. The second-order valence-corrected chi connectivity index (χ2v) is 7.45. The summed E-state index contributed by atoms with van der Waals surface area (Å²) in [6.07, 6.45) is 0. The molecule has 0 saturated heterocycles. The number of hydrogen-bond donors (Lipinski definition) is 2. The van der Waals surface area contributed by atoms with E-state index in [9.17, 15) is 4.79 Å². The van der Waals surface area contributed by atoms with Crippen LogP contribution in [0.15, 0.2) is 55.1 Å². The number of carbonyl (C=O) groups excluding carboxylic acids is 1. The molecule has 0 saturated carbocycles. The second kappa shape index (κ2) is 9.20. The van der Waals surface area contributed by atoms with E-state index in [0.29, 0.717) is 16.5 Å². The maximum atomic E-state index is 11.8. The van der Waals surface area contributed by atoms with Crippen molar-refractivity contribution < 1.29 is 4.79 Å². The van der Waals surface area contributed by atoms with Crippen molar-refractivity contribution in [2.24, 2.45) is 0 Å². The van der Waals surface area contributed by atoms with Crippen molar-refractivity contribution in [1.29, 1.82) is 0 Å². The Morgan fingerprint density at radius 3 is 2.70 bits per heavy atom. The highest BCUT2D eigenvalue weighted by atomic mass is 127. The zero-order valence-electron chi connectivity index (χ0n) is 12.3. The summed E-state index contributed by atoms with van der Waals surface area (Å²) in [6.45, 7) is 3.92. The van der Waals surface area contributed by atoms with E-state index in [2.05, 4.69) is 40.0 Å². The smallest absolute Gasteiger partial charge is 0.248 e. The van der Waals surface area contributed by atoms with Crippen LogP contribution in [0, 0.1) is 3.57 Å². The summed E-state index contributed by atoms with van der Waals surface area (Å²) in [6, 6.07) is 15.5. The van der Waals surface area contributed by atoms with E-state index in [4.69, 9.17) is 11.6 Å². The maximum Gasteiger partial charge on any atom is 0.248 e. The first-order chi connectivity index (χ1) is 11.0. The number of benzene rings is 2. The van der Waals surface area contributed by atoms with E-state index in [0.717, 1.165) is 20.4 Å². The molecule has 0 atom stereocenters. The molecule has 0 aliphatic heterocycles. The Morgan fingerprint density at radius 2 is 1.96 bits per heavy atom. The molecule has 120 valence electrons. The summed E-state index contributed by atoms with van der Waals surface area (Å²) in [7, 11) is 0.